The van der Waals surface area contributed by atoms with Gasteiger partial charge in [0.25, 0.3) is 0 Å². The molecule has 0 N–H and O–H groups in total. The average molecular weight is 601 g/mol. The number of ether oxygens (including phenoxy) is 1. The zero-order valence-corrected chi connectivity index (χ0v) is 21.7. The van der Waals surface area contributed by atoms with E-state index >= 15 is 8.78 Å². The molecule has 11 heteroatoms. The maximum atomic E-state index is 15.1. The Hall–Kier alpha value is -3.92. The van der Waals surface area contributed by atoms with Crippen molar-refractivity contribution in [1.82, 2.24) is 0 Å². The van der Waals surface area contributed by atoms with Crippen molar-refractivity contribution in [2.24, 2.45) is 0 Å². The topological polar surface area (TPSA) is 9.23 Å². The fourth-order valence-corrected chi connectivity index (χ4v) is 4.47. The molecular formula is C30H18ClF9O. The van der Waals surface area contributed by atoms with E-state index < -0.39 is 74.3 Å². The first kappa shape index (κ1) is 30.0. The third kappa shape index (κ3) is 6.37. The molecule has 0 spiro atoms. The number of hydrogen-bond acceptors (Lipinski definition) is 1. The minimum absolute atomic E-state index is 0.103. The monoisotopic (exact) mass is 600 g/mol. The Morgan fingerprint density at radius 2 is 1.34 bits per heavy atom. The standard InChI is InChI=1S/C30H18ClF9O/c1-2-3-4-5-15-6-7-19(21(32)8-15)16-10-22(33)27(23(34)11-16)17-9-20(31)28(24(35)12-17)30(39,40)41-18-13-25(36)29(38)26(37)14-18/h2-3,6-14H,4-5H2,1H3/b3-2+. The molecule has 0 aliphatic rings. The van der Waals surface area contributed by atoms with Crippen molar-refractivity contribution in [3.8, 4) is 28.0 Å². The van der Waals surface area contributed by atoms with Crippen LogP contribution in [0, 0.1) is 40.7 Å². The van der Waals surface area contributed by atoms with Gasteiger partial charge >= 0.3 is 6.11 Å². The molecule has 4 rings (SSSR count). The van der Waals surface area contributed by atoms with Gasteiger partial charge in [-0.25, -0.2) is 30.7 Å². The Labute approximate surface area is 233 Å². The predicted molar refractivity (Wildman–Crippen MR) is 136 cm³/mol. The van der Waals surface area contributed by atoms with Gasteiger partial charge in [-0.15, -0.1) is 0 Å². The zero-order valence-electron chi connectivity index (χ0n) is 21.0. The maximum Gasteiger partial charge on any atom is 0.431 e. The number of rotatable bonds is 8. The Morgan fingerprint density at radius 3 is 1.90 bits per heavy atom. The highest BCUT2D eigenvalue weighted by atomic mass is 35.5. The number of halogens is 10. The van der Waals surface area contributed by atoms with Gasteiger partial charge in [-0.3, -0.25) is 0 Å². The second-order valence-corrected chi connectivity index (χ2v) is 9.28. The fourth-order valence-electron chi connectivity index (χ4n) is 4.16. The van der Waals surface area contributed by atoms with E-state index in [0.29, 0.717) is 30.5 Å². The van der Waals surface area contributed by atoms with Crippen LogP contribution in [0.3, 0.4) is 0 Å². The number of benzene rings is 4. The first-order valence-corrected chi connectivity index (χ1v) is 12.3. The lowest BCUT2D eigenvalue weighted by Crippen LogP contribution is -2.24. The molecule has 0 atom stereocenters. The van der Waals surface area contributed by atoms with E-state index in [9.17, 15) is 30.7 Å². The largest absolute Gasteiger partial charge is 0.431 e. The quantitative estimate of drug-likeness (QED) is 0.111. The minimum Gasteiger partial charge on any atom is -0.429 e. The minimum atomic E-state index is -4.64. The molecular weight excluding hydrogens is 583 g/mol. The van der Waals surface area contributed by atoms with E-state index in [1.54, 1.807) is 6.07 Å². The third-order valence-corrected chi connectivity index (χ3v) is 6.35. The van der Waals surface area contributed by atoms with E-state index in [1.165, 1.54) is 12.1 Å². The van der Waals surface area contributed by atoms with Crippen LogP contribution in [0.5, 0.6) is 5.75 Å². The molecule has 0 aliphatic heterocycles. The molecule has 0 unspecified atom stereocenters. The van der Waals surface area contributed by atoms with E-state index in [2.05, 4.69) is 4.74 Å². The second kappa shape index (κ2) is 11.9. The van der Waals surface area contributed by atoms with Crippen molar-refractivity contribution in [1.29, 1.82) is 0 Å². The molecule has 0 radical (unpaired) electrons. The molecule has 0 bridgehead atoms. The van der Waals surface area contributed by atoms with Crippen LogP contribution in [0.2, 0.25) is 5.02 Å². The first-order chi connectivity index (χ1) is 19.3. The summed E-state index contributed by atoms with van der Waals surface area (Å²) in [5.74, 6) is -11.8. The van der Waals surface area contributed by atoms with Crippen LogP contribution in [0.15, 0.2) is 66.7 Å². The summed E-state index contributed by atoms with van der Waals surface area (Å²) in [7, 11) is 0. The van der Waals surface area contributed by atoms with Crippen molar-refractivity contribution >= 4 is 11.6 Å². The molecule has 0 amide bonds. The predicted octanol–water partition coefficient (Wildman–Crippen LogP) is 10.3. The summed E-state index contributed by atoms with van der Waals surface area (Å²) in [6.07, 6.45) is 0.328. The molecule has 41 heavy (non-hydrogen) atoms. The lowest BCUT2D eigenvalue weighted by atomic mass is 9.96. The van der Waals surface area contributed by atoms with Crippen LogP contribution in [0.4, 0.5) is 39.5 Å². The fraction of sp³-hybridized carbons (Fsp3) is 0.133. The molecule has 0 saturated carbocycles. The van der Waals surface area contributed by atoms with Gasteiger partial charge in [-0.05, 0) is 66.8 Å². The van der Waals surface area contributed by atoms with E-state index in [4.69, 9.17) is 11.6 Å². The highest BCUT2D eigenvalue weighted by molar-refractivity contribution is 6.31. The highest BCUT2D eigenvalue weighted by Gasteiger charge is 2.41. The third-order valence-electron chi connectivity index (χ3n) is 6.05. The first-order valence-electron chi connectivity index (χ1n) is 11.9. The summed E-state index contributed by atoms with van der Waals surface area (Å²) in [5, 5.41) is -1.05. The number of hydrogen-bond donors (Lipinski definition) is 0. The Morgan fingerprint density at radius 1 is 0.732 bits per heavy atom. The van der Waals surface area contributed by atoms with Gasteiger partial charge in [0.1, 0.15) is 34.6 Å². The summed E-state index contributed by atoms with van der Waals surface area (Å²) in [6, 6.07) is 7.01. The van der Waals surface area contributed by atoms with Gasteiger partial charge in [0.15, 0.2) is 17.5 Å². The Bertz CT molecular complexity index is 1580. The van der Waals surface area contributed by atoms with E-state index in [1.807, 2.05) is 19.1 Å². The molecule has 0 fully saturated rings. The van der Waals surface area contributed by atoms with Gasteiger partial charge in [-0.2, -0.15) is 8.78 Å². The van der Waals surface area contributed by atoms with Crippen LogP contribution in [-0.2, 0) is 12.5 Å². The van der Waals surface area contributed by atoms with Crippen LogP contribution in [-0.4, -0.2) is 0 Å². The average Bonchev–Trinajstić information content (AvgIpc) is 2.86. The second-order valence-electron chi connectivity index (χ2n) is 8.87. The SMILES string of the molecule is C/C=C/CCc1ccc(-c2cc(F)c(-c3cc(F)c(C(F)(F)Oc4cc(F)c(F)c(F)c4)c(Cl)c3)c(F)c2)c(F)c1. The van der Waals surface area contributed by atoms with Crippen molar-refractivity contribution in [2.45, 2.75) is 25.9 Å². The van der Waals surface area contributed by atoms with Crippen LogP contribution in [0.1, 0.15) is 24.5 Å². The normalized spacial score (nSPS) is 11.9. The molecule has 214 valence electrons. The molecule has 1 nitrogen and oxygen atoms in total. The molecule has 4 aromatic rings. The lowest BCUT2D eigenvalue weighted by molar-refractivity contribution is -0.187. The van der Waals surface area contributed by atoms with Crippen molar-refractivity contribution in [3.63, 3.8) is 0 Å². The molecule has 0 aliphatic carbocycles. The van der Waals surface area contributed by atoms with E-state index in [-0.39, 0.29) is 23.3 Å². The number of allylic oxidation sites excluding steroid dienone is 2. The van der Waals surface area contributed by atoms with Crippen molar-refractivity contribution in [2.75, 3.05) is 0 Å². The lowest BCUT2D eigenvalue weighted by Gasteiger charge is -2.21. The summed E-state index contributed by atoms with van der Waals surface area (Å²) in [6.45, 7) is 1.85. The smallest absolute Gasteiger partial charge is 0.429 e. The summed E-state index contributed by atoms with van der Waals surface area (Å²) in [4.78, 5) is 0. The summed E-state index contributed by atoms with van der Waals surface area (Å²) >= 11 is 5.83. The maximum absolute atomic E-state index is 15.1. The van der Waals surface area contributed by atoms with Crippen LogP contribution >= 0.6 is 11.6 Å². The number of aryl methyl sites for hydroxylation is 1. The van der Waals surface area contributed by atoms with Crippen molar-refractivity contribution < 1.29 is 44.3 Å². The van der Waals surface area contributed by atoms with Crippen molar-refractivity contribution in [3.05, 3.63) is 124 Å². The van der Waals surface area contributed by atoms with Gasteiger partial charge in [0.2, 0.25) is 0 Å². The van der Waals surface area contributed by atoms with E-state index in [0.717, 1.165) is 12.1 Å². The Kier molecular flexibility index (Phi) is 8.72. The molecule has 0 saturated heterocycles. The van der Waals surface area contributed by atoms with Gasteiger partial charge in [-0.1, -0.05) is 35.9 Å². The zero-order chi connectivity index (χ0) is 30.1. The van der Waals surface area contributed by atoms with Crippen LogP contribution < -0.4 is 4.74 Å². The summed E-state index contributed by atoms with van der Waals surface area (Å²) < 4.78 is 133. The van der Waals surface area contributed by atoms with Gasteiger partial charge in [0, 0.05) is 17.7 Å². The van der Waals surface area contributed by atoms with Gasteiger partial charge < -0.3 is 4.74 Å². The summed E-state index contributed by atoms with van der Waals surface area (Å²) in [5.41, 5.74) is -2.62. The highest BCUT2D eigenvalue weighted by Crippen LogP contribution is 2.41. The molecule has 4 aromatic carbocycles. The molecule has 0 heterocycles. The van der Waals surface area contributed by atoms with Gasteiger partial charge in [0.05, 0.1) is 10.6 Å². The number of alkyl halides is 2. The Balaban J connectivity index is 1.67. The van der Waals surface area contributed by atoms with Crippen LogP contribution in [0.25, 0.3) is 22.3 Å². The molecule has 0 aromatic heterocycles.